The highest BCUT2D eigenvalue weighted by atomic mass is 16.5. The summed E-state index contributed by atoms with van der Waals surface area (Å²) in [7, 11) is 1.54. The normalized spacial score (nSPS) is 9.94. The molecule has 0 aromatic heterocycles. The molecule has 0 atom stereocenters. The van der Waals surface area contributed by atoms with Crippen LogP contribution in [-0.2, 0) is 0 Å². The number of rotatable bonds is 3. The monoisotopic (exact) mass is 228 g/mol. The second kappa shape index (κ2) is 4.70. The molecule has 0 aliphatic carbocycles. The van der Waals surface area contributed by atoms with Gasteiger partial charge in [0.25, 0.3) is 0 Å². The highest BCUT2D eigenvalue weighted by Gasteiger charge is 2.03. The van der Waals surface area contributed by atoms with Crippen LogP contribution in [0.25, 0.3) is 11.1 Å². The van der Waals surface area contributed by atoms with Gasteiger partial charge >= 0.3 is 0 Å². The molecule has 0 radical (unpaired) electrons. The van der Waals surface area contributed by atoms with E-state index in [9.17, 15) is 9.90 Å². The summed E-state index contributed by atoms with van der Waals surface area (Å²) in [5, 5.41) is 9.56. The minimum Gasteiger partial charge on any atom is -0.508 e. The lowest BCUT2D eigenvalue weighted by molar-refractivity contribution is 0.112. The summed E-state index contributed by atoms with van der Waals surface area (Å²) in [6.07, 6.45) is 0.795. The quantitative estimate of drug-likeness (QED) is 0.821. The van der Waals surface area contributed by atoms with Gasteiger partial charge in [0.2, 0.25) is 0 Å². The molecule has 3 heteroatoms. The molecular formula is C14H12O3. The zero-order valence-electron chi connectivity index (χ0n) is 9.38. The van der Waals surface area contributed by atoms with Gasteiger partial charge in [-0.15, -0.1) is 0 Å². The predicted molar refractivity (Wildman–Crippen MR) is 65.5 cm³/mol. The average molecular weight is 228 g/mol. The molecule has 2 rings (SSSR count). The molecule has 0 aliphatic heterocycles. The van der Waals surface area contributed by atoms with Crippen molar-refractivity contribution in [3.05, 3.63) is 48.0 Å². The van der Waals surface area contributed by atoms with Gasteiger partial charge in [-0.05, 0) is 29.3 Å². The Labute approximate surface area is 99.3 Å². The molecule has 0 aliphatic rings. The molecule has 1 N–H and O–H groups in total. The summed E-state index contributed by atoms with van der Waals surface area (Å²) in [5.74, 6) is 0.715. The fraction of sp³-hybridized carbons (Fsp3) is 0.0714. The summed E-state index contributed by atoms with van der Waals surface area (Å²) in [4.78, 5) is 10.7. The Balaban J connectivity index is 2.51. The van der Waals surface area contributed by atoms with Crippen LogP contribution in [0.5, 0.6) is 11.5 Å². The summed E-state index contributed by atoms with van der Waals surface area (Å²) in [5.41, 5.74) is 2.28. The number of carbonyl (C=O) groups is 1. The van der Waals surface area contributed by atoms with Crippen LogP contribution >= 0.6 is 0 Å². The van der Waals surface area contributed by atoms with Crippen LogP contribution in [-0.4, -0.2) is 18.5 Å². The SMILES string of the molecule is COc1cc(O)cc(-c2cccc(C=O)c2)c1. The summed E-state index contributed by atoms with van der Waals surface area (Å²) >= 11 is 0. The average Bonchev–Trinajstić information content (AvgIpc) is 2.38. The van der Waals surface area contributed by atoms with E-state index in [1.54, 1.807) is 31.4 Å². The van der Waals surface area contributed by atoms with Crippen molar-refractivity contribution in [2.75, 3.05) is 7.11 Å². The Morgan fingerprint density at radius 3 is 2.65 bits per heavy atom. The van der Waals surface area contributed by atoms with Gasteiger partial charge in [0.1, 0.15) is 17.8 Å². The lowest BCUT2D eigenvalue weighted by Crippen LogP contribution is -1.86. The number of hydrogen-bond acceptors (Lipinski definition) is 3. The first-order valence-corrected chi connectivity index (χ1v) is 5.16. The zero-order valence-corrected chi connectivity index (χ0v) is 9.38. The third kappa shape index (κ3) is 2.45. The highest BCUT2D eigenvalue weighted by molar-refractivity contribution is 5.79. The molecule has 0 saturated carbocycles. The third-order valence-electron chi connectivity index (χ3n) is 2.48. The smallest absolute Gasteiger partial charge is 0.150 e. The molecule has 0 saturated heterocycles. The molecule has 0 spiro atoms. The van der Waals surface area contributed by atoms with Crippen LogP contribution in [0.2, 0.25) is 0 Å². The Kier molecular flexibility index (Phi) is 3.10. The maximum atomic E-state index is 10.7. The predicted octanol–water partition coefficient (Wildman–Crippen LogP) is 2.88. The number of benzene rings is 2. The van der Waals surface area contributed by atoms with Gasteiger partial charge in [0, 0.05) is 11.6 Å². The van der Waals surface area contributed by atoms with E-state index < -0.39 is 0 Å². The number of phenolic OH excluding ortho intramolecular Hbond substituents is 1. The first-order chi connectivity index (χ1) is 8.22. The van der Waals surface area contributed by atoms with E-state index in [-0.39, 0.29) is 5.75 Å². The van der Waals surface area contributed by atoms with Gasteiger partial charge in [-0.2, -0.15) is 0 Å². The first kappa shape index (κ1) is 11.2. The second-order valence-electron chi connectivity index (χ2n) is 3.66. The van der Waals surface area contributed by atoms with Crippen LogP contribution < -0.4 is 4.74 Å². The highest BCUT2D eigenvalue weighted by Crippen LogP contribution is 2.29. The molecule has 2 aromatic rings. The molecule has 0 fully saturated rings. The zero-order chi connectivity index (χ0) is 12.3. The second-order valence-corrected chi connectivity index (χ2v) is 3.66. The van der Waals surface area contributed by atoms with Crippen LogP contribution in [0.1, 0.15) is 10.4 Å². The largest absolute Gasteiger partial charge is 0.508 e. The van der Waals surface area contributed by atoms with Crippen molar-refractivity contribution in [1.29, 1.82) is 0 Å². The standard InChI is InChI=1S/C14H12O3/c1-17-14-7-12(6-13(16)8-14)11-4-2-3-10(5-11)9-15/h2-9,16H,1H3. The molecule has 86 valence electrons. The molecule has 0 heterocycles. The number of aromatic hydroxyl groups is 1. The van der Waals surface area contributed by atoms with E-state index in [1.165, 1.54) is 6.07 Å². The fourth-order valence-corrected chi connectivity index (χ4v) is 1.66. The van der Waals surface area contributed by atoms with Gasteiger partial charge in [-0.1, -0.05) is 18.2 Å². The molecule has 17 heavy (non-hydrogen) atoms. The van der Waals surface area contributed by atoms with Crippen molar-refractivity contribution in [3.63, 3.8) is 0 Å². The Morgan fingerprint density at radius 2 is 1.94 bits per heavy atom. The lowest BCUT2D eigenvalue weighted by Gasteiger charge is -2.06. The van der Waals surface area contributed by atoms with Crippen molar-refractivity contribution >= 4 is 6.29 Å². The summed E-state index contributed by atoms with van der Waals surface area (Å²) in [6.45, 7) is 0. The van der Waals surface area contributed by atoms with Crippen molar-refractivity contribution in [2.45, 2.75) is 0 Å². The number of hydrogen-bond donors (Lipinski definition) is 1. The van der Waals surface area contributed by atoms with Crippen LogP contribution in [0, 0.1) is 0 Å². The number of phenols is 1. The van der Waals surface area contributed by atoms with E-state index in [1.807, 2.05) is 12.1 Å². The summed E-state index contributed by atoms with van der Waals surface area (Å²) < 4.78 is 5.08. The van der Waals surface area contributed by atoms with E-state index in [0.717, 1.165) is 17.4 Å². The van der Waals surface area contributed by atoms with Gasteiger partial charge in [0.05, 0.1) is 7.11 Å². The Hall–Kier alpha value is -2.29. The minimum absolute atomic E-state index is 0.135. The van der Waals surface area contributed by atoms with E-state index in [0.29, 0.717) is 11.3 Å². The lowest BCUT2D eigenvalue weighted by atomic mass is 10.0. The van der Waals surface area contributed by atoms with E-state index >= 15 is 0 Å². The molecule has 0 unspecified atom stereocenters. The fourth-order valence-electron chi connectivity index (χ4n) is 1.66. The molecule has 2 aromatic carbocycles. The number of methoxy groups -OCH3 is 1. The maximum absolute atomic E-state index is 10.7. The van der Waals surface area contributed by atoms with Gasteiger partial charge in [-0.25, -0.2) is 0 Å². The van der Waals surface area contributed by atoms with Crippen molar-refractivity contribution in [2.24, 2.45) is 0 Å². The Bertz CT molecular complexity index is 547. The summed E-state index contributed by atoms with van der Waals surface area (Å²) in [6, 6.07) is 12.2. The van der Waals surface area contributed by atoms with E-state index in [4.69, 9.17) is 4.74 Å². The molecular weight excluding hydrogens is 216 g/mol. The molecule has 0 amide bonds. The van der Waals surface area contributed by atoms with Crippen molar-refractivity contribution in [3.8, 4) is 22.6 Å². The number of aldehydes is 1. The van der Waals surface area contributed by atoms with Gasteiger partial charge < -0.3 is 9.84 Å². The van der Waals surface area contributed by atoms with Gasteiger partial charge in [-0.3, -0.25) is 4.79 Å². The number of ether oxygens (including phenoxy) is 1. The van der Waals surface area contributed by atoms with E-state index in [2.05, 4.69) is 0 Å². The van der Waals surface area contributed by atoms with Crippen LogP contribution in [0.4, 0.5) is 0 Å². The minimum atomic E-state index is 0.135. The van der Waals surface area contributed by atoms with Crippen molar-refractivity contribution in [1.82, 2.24) is 0 Å². The maximum Gasteiger partial charge on any atom is 0.150 e. The van der Waals surface area contributed by atoms with Crippen molar-refractivity contribution < 1.29 is 14.6 Å². The number of carbonyl (C=O) groups excluding carboxylic acids is 1. The third-order valence-corrected chi connectivity index (χ3v) is 2.48. The van der Waals surface area contributed by atoms with Gasteiger partial charge in [0.15, 0.2) is 0 Å². The Morgan fingerprint density at radius 1 is 1.12 bits per heavy atom. The first-order valence-electron chi connectivity index (χ1n) is 5.16. The van der Waals surface area contributed by atoms with Crippen LogP contribution in [0.3, 0.4) is 0 Å². The molecule has 3 nitrogen and oxygen atoms in total. The molecule has 0 bridgehead atoms. The van der Waals surface area contributed by atoms with Crippen LogP contribution in [0.15, 0.2) is 42.5 Å². The topological polar surface area (TPSA) is 46.5 Å².